The number of rotatable bonds is 1. The Morgan fingerprint density at radius 1 is 1.32 bits per heavy atom. The van der Waals surface area contributed by atoms with Crippen LogP contribution in [0.3, 0.4) is 0 Å². The van der Waals surface area contributed by atoms with Crippen molar-refractivity contribution in [2.24, 2.45) is 0 Å². The van der Waals surface area contributed by atoms with Gasteiger partial charge in [0.15, 0.2) is 21.5 Å². The van der Waals surface area contributed by atoms with E-state index in [2.05, 4.69) is 15.4 Å². The lowest BCUT2D eigenvalue weighted by Gasteiger charge is -2.36. The lowest BCUT2D eigenvalue weighted by atomic mass is 10.0. The molecule has 22 heavy (non-hydrogen) atoms. The van der Waals surface area contributed by atoms with Gasteiger partial charge in [0.05, 0.1) is 11.5 Å². The van der Waals surface area contributed by atoms with Crippen molar-refractivity contribution in [2.45, 2.75) is 31.8 Å². The Hall–Kier alpha value is -1.89. The minimum Gasteiger partial charge on any atom is -0.360 e. The van der Waals surface area contributed by atoms with Gasteiger partial charge in [0.2, 0.25) is 0 Å². The second-order valence-electron chi connectivity index (χ2n) is 6.40. The summed E-state index contributed by atoms with van der Waals surface area (Å²) in [6.45, 7) is 4.08. The summed E-state index contributed by atoms with van der Waals surface area (Å²) in [4.78, 5) is 4.68. The molecule has 7 heteroatoms. The largest absolute Gasteiger partial charge is 0.360 e. The topological polar surface area (TPSA) is 76.9 Å². The second kappa shape index (κ2) is 4.32. The van der Waals surface area contributed by atoms with Crippen LogP contribution < -0.4 is 5.32 Å². The number of aromatic nitrogens is 3. The molecule has 0 saturated carbocycles. The van der Waals surface area contributed by atoms with Crippen LogP contribution in [-0.2, 0) is 15.5 Å². The molecule has 1 aromatic carbocycles. The molecule has 6 nitrogen and oxygen atoms in total. The van der Waals surface area contributed by atoms with E-state index in [1.54, 1.807) is 4.68 Å². The normalized spacial score (nSPS) is 25.0. The quantitative estimate of drug-likeness (QED) is 0.870. The highest BCUT2D eigenvalue weighted by atomic mass is 32.2. The van der Waals surface area contributed by atoms with Crippen molar-refractivity contribution in [3.63, 3.8) is 0 Å². The summed E-state index contributed by atoms with van der Waals surface area (Å²) in [6, 6.07) is 7.86. The van der Waals surface area contributed by atoms with Gasteiger partial charge in [-0.3, -0.25) is 0 Å². The van der Waals surface area contributed by atoms with E-state index in [0.717, 1.165) is 22.9 Å². The summed E-state index contributed by atoms with van der Waals surface area (Å²) in [6.07, 6.45) is 0.511. The van der Waals surface area contributed by atoms with Crippen LogP contribution in [0.2, 0.25) is 0 Å². The van der Waals surface area contributed by atoms with Gasteiger partial charge in [0, 0.05) is 23.6 Å². The number of hydrogen-bond donors (Lipinski definition) is 1. The minimum atomic E-state index is -3.06. The van der Waals surface area contributed by atoms with Gasteiger partial charge in [0.25, 0.3) is 0 Å². The van der Waals surface area contributed by atoms with Gasteiger partial charge in [-0.1, -0.05) is 26.0 Å². The molecule has 0 bridgehead atoms. The number of nitrogens with one attached hydrogen (secondary N) is 1. The number of nitrogens with zero attached hydrogens (tertiary/aromatic N) is 3. The van der Waals surface area contributed by atoms with Crippen LogP contribution in [0.5, 0.6) is 0 Å². The maximum atomic E-state index is 12.1. The lowest BCUT2D eigenvalue weighted by molar-refractivity contribution is 0.338. The van der Waals surface area contributed by atoms with Gasteiger partial charge in [0.1, 0.15) is 5.66 Å². The predicted molar refractivity (Wildman–Crippen MR) is 84.4 cm³/mol. The number of benzene rings is 1. The van der Waals surface area contributed by atoms with Gasteiger partial charge in [-0.05, 0) is 12.1 Å². The lowest BCUT2D eigenvalue weighted by Crippen LogP contribution is -2.46. The maximum Gasteiger partial charge on any atom is 0.162 e. The molecular weight excluding hydrogens is 300 g/mol. The number of anilines is 1. The molecule has 4 rings (SSSR count). The molecule has 3 heterocycles. The molecule has 1 atom stereocenters. The van der Waals surface area contributed by atoms with E-state index < -0.39 is 15.5 Å². The number of para-hydroxylation sites is 1. The van der Waals surface area contributed by atoms with Crippen LogP contribution in [0.25, 0.3) is 11.4 Å². The van der Waals surface area contributed by atoms with Crippen LogP contribution in [-0.4, -0.2) is 34.7 Å². The van der Waals surface area contributed by atoms with E-state index in [-0.39, 0.29) is 17.4 Å². The first kappa shape index (κ1) is 13.8. The second-order valence-corrected chi connectivity index (χ2v) is 8.59. The molecular formula is C15H18N4O2S. The molecule has 1 saturated heterocycles. The Bertz CT molecular complexity index is 856. The predicted octanol–water partition coefficient (Wildman–Crippen LogP) is 1.97. The smallest absolute Gasteiger partial charge is 0.162 e. The SMILES string of the molecule is CC(C)c1nc2n(n1)[C@@]1(CCS(=O)(=O)C1)Nc1ccccc1-2. The summed E-state index contributed by atoms with van der Waals surface area (Å²) in [5.74, 6) is 1.94. The van der Waals surface area contributed by atoms with Crippen molar-refractivity contribution < 1.29 is 8.42 Å². The van der Waals surface area contributed by atoms with Crippen molar-refractivity contribution in [1.82, 2.24) is 14.8 Å². The highest BCUT2D eigenvalue weighted by molar-refractivity contribution is 7.91. The van der Waals surface area contributed by atoms with Gasteiger partial charge in [-0.25, -0.2) is 18.1 Å². The molecule has 1 fully saturated rings. The Balaban J connectivity index is 1.96. The highest BCUT2D eigenvalue weighted by Gasteiger charge is 2.48. The summed E-state index contributed by atoms with van der Waals surface area (Å²) < 4.78 is 25.9. The number of sulfone groups is 1. The first-order valence-electron chi connectivity index (χ1n) is 7.46. The van der Waals surface area contributed by atoms with E-state index in [1.165, 1.54) is 0 Å². The molecule has 0 radical (unpaired) electrons. The van der Waals surface area contributed by atoms with E-state index in [1.807, 2.05) is 38.1 Å². The standard InChI is InChI=1S/C15H18N4O2S/c1-10(2)13-16-14-11-5-3-4-6-12(11)17-15(19(14)18-13)7-8-22(20,21)9-15/h3-6,10,17H,7-9H2,1-2H3/t15-/m1/s1. The third kappa shape index (κ3) is 1.88. The number of hydrogen-bond acceptors (Lipinski definition) is 5. The molecule has 0 amide bonds. The molecule has 0 unspecified atom stereocenters. The van der Waals surface area contributed by atoms with E-state index in [9.17, 15) is 8.42 Å². The monoisotopic (exact) mass is 318 g/mol. The Labute approximate surface area is 129 Å². The fourth-order valence-electron chi connectivity index (χ4n) is 3.23. The zero-order chi connectivity index (χ0) is 15.5. The van der Waals surface area contributed by atoms with Gasteiger partial charge in [-0.15, -0.1) is 0 Å². The summed E-state index contributed by atoms with van der Waals surface area (Å²) in [7, 11) is -3.06. The molecule has 2 aromatic rings. The van der Waals surface area contributed by atoms with Gasteiger partial charge >= 0.3 is 0 Å². The average molecular weight is 318 g/mol. The Morgan fingerprint density at radius 2 is 2.09 bits per heavy atom. The van der Waals surface area contributed by atoms with E-state index in [0.29, 0.717) is 6.42 Å². The first-order chi connectivity index (χ1) is 10.4. The van der Waals surface area contributed by atoms with Crippen molar-refractivity contribution in [3.8, 4) is 11.4 Å². The zero-order valence-corrected chi connectivity index (χ0v) is 13.4. The molecule has 2 aliphatic rings. The molecule has 2 aliphatic heterocycles. The van der Waals surface area contributed by atoms with Crippen LogP contribution in [0, 0.1) is 0 Å². The fraction of sp³-hybridized carbons (Fsp3) is 0.467. The zero-order valence-electron chi connectivity index (χ0n) is 12.6. The molecule has 1 spiro atoms. The van der Waals surface area contributed by atoms with Crippen LogP contribution >= 0.6 is 0 Å². The van der Waals surface area contributed by atoms with E-state index >= 15 is 0 Å². The molecule has 1 N–H and O–H groups in total. The molecule has 0 aliphatic carbocycles. The fourth-order valence-corrected chi connectivity index (χ4v) is 5.09. The van der Waals surface area contributed by atoms with Crippen molar-refractivity contribution in [3.05, 3.63) is 30.1 Å². The van der Waals surface area contributed by atoms with Gasteiger partial charge in [-0.2, -0.15) is 5.10 Å². The van der Waals surface area contributed by atoms with Crippen LogP contribution in [0.15, 0.2) is 24.3 Å². The van der Waals surface area contributed by atoms with Crippen molar-refractivity contribution in [2.75, 3.05) is 16.8 Å². The average Bonchev–Trinajstić information content (AvgIpc) is 3.02. The molecule has 116 valence electrons. The summed E-state index contributed by atoms with van der Waals surface area (Å²) in [5.41, 5.74) is 1.19. The summed E-state index contributed by atoms with van der Waals surface area (Å²) >= 11 is 0. The highest BCUT2D eigenvalue weighted by Crippen LogP contribution is 2.42. The van der Waals surface area contributed by atoms with Crippen LogP contribution in [0.1, 0.15) is 32.0 Å². The Morgan fingerprint density at radius 3 is 2.77 bits per heavy atom. The molecule has 1 aromatic heterocycles. The third-order valence-corrected chi connectivity index (χ3v) is 6.11. The third-order valence-electron chi connectivity index (χ3n) is 4.37. The van der Waals surface area contributed by atoms with E-state index in [4.69, 9.17) is 0 Å². The first-order valence-corrected chi connectivity index (χ1v) is 9.28. The van der Waals surface area contributed by atoms with Gasteiger partial charge < -0.3 is 5.32 Å². The number of fused-ring (bicyclic) bond motifs is 4. The minimum absolute atomic E-state index is 0.0578. The van der Waals surface area contributed by atoms with Crippen molar-refractivity contribution in [1.29, 1.82) is 0 Å². The van der Waals surface area contributed by atoms with Crippen molar-refractivity contribution >= 4 is 15.5 Å². The van der Waals surface area contributed by atoms with Crippen LogP contribution in [0.4, 0.5) is 5.69 Å². The summed E-state index contributed by atoms with van der Waals surface area (Å²) in [5, 5.41) is 8.05. The maximum absolute atomic E-state index is 12.1. The Kier molecular flexibility index (Phi) is 2.70.